The zero-order chi connectivity index (χ0) is 21.0. The van der Waals surface area contributed by atoms with Gasteiger partial charge in [0, 0.05) is 35.5 Å². The first-order chi connectivity index (χ1) is 13.8. The lowest BCUT2D eigenvalue weighted by atomic mass is 10.1. The topological polar surface area (TPSA) is 59.2 Å². The van der Waals surface area contributed by atoms with Gasteiger partial charge in [-0.2, -0.15) is 4.98 Å². The van der Waals surface area contributed by atoms with Crippen LogP contribution in [0.25, 0.3) is 11.4 Å². The summed E-state index contributed by atoms with van der Waals surface area (Å²) in [6.45, 7) is 1.92. The predicted octanol–water partition coefficient (Wildman–Crippen LogP) is 5.72. The van der Waals surface area contributed by atoms with E-state index in [0.717, 1.165) is 5.56 Å². The second-order valence-corrected chi connectivity index (χ2v) is 7.56. The summed E-state index contributed by atoms with van der Waals surface area (Å²) < 4.78 is 18.2. The van der Waals surface area contributed by atoms with Crippen molar-refractivity contribution in [2.45, 2.75) is 32.2 Å². The van der Waals surface area contributed by atoms with Crippen LogP contribution in [-0.2, 0) is 11.2 Å². The van der Waals surface area contributed by atoms with Crippen molar-refractivity contribution < 1.29 is 13.7 Å². The number of benzene rings is 2. The number of halogens is 3. The van der Waals surface area contributed by atoms with Crippen molar-refractivity contribution in [1.29, 1.82) is 0 Å². The maximum Gasteiger partial charge on any atom is 0.226 e. The highest BCUT2D eigenvalue weighted by atomic mass is 35.5. The molecular formula is C21H20Cl2FN3O2. The molecule has 29 heavy (non-hydrogen) atoms. The molecule has 0 N–H and O–H groups in total. The number of rotatable bonds is 7. The van der Waals surface area contributed by atoms with E-state index in [9.17, 15) is 9.18 Å². The van der Waals surface area contributed by atoms with Crippen molar-refractivity contribution in [2.75, 3.05) is 7.05 Å². The molecule has 5 nitrogen and oxygen atoms in total. The molecule has 1 unspecified atom stereocenters. The number of hydrogen-bond acceptors (Lipinski definition) is 4. The molecule has 152 valence electrons. The molecule has 3 rings (SSSR count). The van der Waals surface area contributed by atoms with Gasteiger partial charge >= 0.3 is 0 Å². The average molecular weight is 436 g/mol. The predicted molar refractivity (Wildman–Crippen MR) is 110 cm³/mol. The van der Waals surface area contributed by atoms with Gasteiger partial charge in [-0.05, 0) is 55.3 Å². The summed E-state index contributed by atoms with van der Waals surface area (Å²) in [6.07, 6.45) is 1.37. The summed E-state index contributed by atoms with van der Waals surface area (Å²) in [5, 5.41) is 4.99. The molecule has 0 radical (unpaired) electrons. The quantitative estimate of drug-likeness (QED) is 0.475. The smallest absolute Gasteiger partial charge is 0.226 e. The number of aromatic nitrogens is 2. The normalized spacial score (nSPS) is 12.0. The molecule has 8 heteroatoms. The third kappa shape index (κ3) is 5.34. The number of aryl methyl sites for hydroxylation is 1. The number of amides is 1. The van der Waals surface area contributed by atoms with Gasteiger partial charge in [-0.1, -0.05) is 34.4 Å². The van der Waals surface area contributed by atoms with E-state index in [1.165, 1.54) is 12.1 Å². The maximum absolute atomic E-state index is 13.0. The van der Waals surface area contributed by atoms with Gasteiger partial charge < -0.3 is 9.42 Å². The van der Waals surface area contributed by atoms with E-state index in [-0.39, 0.29) is 17.8 Å². The Bertz CT molecular complexity index is 992. The van der Waals surface area contributed by atoms with Crippen LogP contribution in [-0.4, -0.2) is 28.0 Å². The summed E-state index contributed by atoms with van der Waals surface area (Å²) in [4.78, 5) is 18.5. The minimum atomic E-state index is -0.325. The van der Waals surface area contributed by atoms with Crippen LogP contribution < -0.4 is 0 Å². The van der Waals surface area contributed by atoms with Gasteiger partial charge in [0.25, 0.3) is 0 Å². The Labute approximate surface area is 178 Å². The van der Waals surface area contributed by atoms with Crippen molar-refractivity contribution in [3.8, 4) is 11.4 Å². The Morgan fingerprint density at radius 1 is 1.21 bits per heavy atom. The first kappa shape index (κ1) is 21.3. The number of hydrogen-bond donors (Lipinski definition) is 0. The molecule has 1 atom stereocenters. The molecule has 0 saturated heterocycles. The third-order valence-corrected chi connectivity index (χ3v) is 5.30. The largest absolute Gasteiger partial charge is 0.339 e. The highest BCUT2D eigenvalue weighted by molar-refractivity contribution is 6.35. The van der Waals surface area contributed by atoms with E-state index in [0.29, 0.717) is 46.6 Å². The fraction of sp³-hybridized carbons (Fsp3) is 0.286. The Morgan fingerprint density at radius 3 is 2.62 bits per heavy atom. The second kappa shape index (κ2) is 9.37. The first-order valence-corrected chi connectivity index (χ1v) is 9.90. The molecule has 0 spiro atoms. The van der Waals surface area contributed by atoms with Crippen molar-refractivity contribution in [2.24, 2.45) is 0 Å². The van der Waals surface area contributed by atoms with Crippen LogP contribution in [0, 0.1) is 5.82 Å². The van der Waals surface area contributed by atoms with Crippen molar-refractivity contribution in [3.05, 3.63) is 69.8 Å². The van der Waals surface area contributed by atoms with Crippen LogP contribution >= 0.6 is 23.2 Å². The molecule has 3 aromatic rings. The van der Waals surface area contributed by atoms with Crippen LogP contribution in [0.1, 0.15) is 37.3 Å². The van der Waals surface area contributed by atoms with Crippen LogP contribution in [0.2, 0.25) is 10.0 Å². The van der Waals surface area contributed by atoms with Gasteiger partial charge in [0.1, 0.15) is 5.82 Å². The van der Waals surface area contributed by atoms with Crippen LogP contribution in [0.3, 0.4) is 0 Å². The molecular weight excluding hydrogens is 416 g/mol. The zero-order valence-electron chi connectivity index (χ0n) is 16.0. The minimum Gasteiger partial charge on any atom is -0.339 e. The van der Waals surface area contributed by atoms with E-state index in [1.54, 1.807) is 36.2 Å². The van der Waals surface area contributed by atoms with Gasteiger partial charge in [0.05, 0.1) is 6.04 Å². The summed E-state index contributed by atoms with van der Waals surface area (Å²) in [6, 6.07) is 10.9. The van der Waals surface area contributed by atoms with E-state index < -0.39 is 0 Å². The molecule has 1 amide bonds. The summed E-state index contributed by atoms with van der Waals surface area (Å²) in [5.74, 6) is 0.499. The number of carbonyl (C=O) groups is 1. The highest BCUT2D eigenvalue weighted by Gasteiger charge is 2.20. The monoisotopic (exact) mass is 435 g/mol. The second-order valence-electron chi connectivity index (χ2n) is 6.72. The molecule has 0 saturated carbocycles. The fourth-order valence-corrected chi connectivity index (χ4v) is 3.47. The Hall–Kier alpha value is -2.44. The Balaban J connectivity index is 1.53. The van der Waals surface area contributed by atoms with Gasteiger partial charge in [-0.15, -0.1) is 0 Å². The lowest BCUT2D eigenvalue weighted by Gasteiger charge is -2.26. The van der Waals surface area contributed by atoms with Crippen molar-refractivity contribution >= 4 is 29.1 Å². The minimum absolute atomic E-state index is 0.0122. The fourth-order valence-electron chi connectivity index (χ4n) is 2.90. The average Bonchev–Trinajstić information content (AvgIpc) is 3.16. The highest BCUT2D eigenvalue weighted by Crippen LogP contribution is 2.29. The molecule has 2 aromatic carbocycles. The number of nitrogens with zero attached hydrogens (tertiary/aromatic N) is 3. The van der Waals surface area contributed by atoms with Crippen molar-refractivity contribution in [1.82, 2.24) is 15.0 Å². The SMILES string of the molecule is CC(c1ccc(Cl)cc1Cl)N(C)C(=O)CCCc1nc(-c2ccc(F)cc2)no1. The zero-order valence-corrected chi connectivity index (χ0v) is 17.5. The Kier molecular flexibility index (Phi) is 6.87. The van der Waals surface area contributed by atoms with E-state index in [2.05, 4.69) is 10.1 Å². The van der Waals surface area contributed by atoms with Gasteiger partial charge in [0.15, 0.2) is 0 Å². The molecule has 1 heterocycles. The van der Waals surface area contributed by atoms with Gasteiger partial charge in [0.2, 0.25) is 17.6 Å². The van der Waals surface area contributed by atoms with Crippen LogP contribution in [0.4, 0.5) is 4.39 Å². The molecule has 0 aliphatic rings. The van der Waals surface area contributed by atoms with Crippen molar-refractivity contribution in [3.63, 3.8) is 0 Å². The maximum atomic E-state index is 13.0. The van der Waals surface area contributed by atoms with E-state index in [1.807, 2.05) is 13.0 Å². The molecule has 0 bridgehead atoms. The number of carbonyl (C=O) groups excluding carboxylic acids is 1. The van der Waals surface area contributed by atoms with Crippen LogP contribution in [0.15, 0.2) is 47.0 Å². The third-order valence-electron chi connectivity index (χ3n) is 4.74. The molecule has 0 aliphatic heterocycles. The first-order valence-electron chi connectivity index (χ1n) is 9.14. The lowest BCUT2D eigenvalue weighted by molar-refractivity contribution is -0.131. The molecule has 0 aliphatic carbocycles. The Morgan fingerprint density at radius 2 is 1.93 bits per heavy atom. The van der Waals surface area contributed by atoms with Gasteiger partial charge in [-0.25, -0.2) is 4.39 Å². The molecule has 1 aromatic heterocycles. The van der Waals surface area contributed by atoms with Gasteiger partial charge in [-0.3, -0.25) is 4.79 Å². The van der Waals surface area contributed by atoms with E-state index in [4.69, 9.17) is 27.7 Å². The lowest BCUT2D eigenvalue weighted by Crippen LogP contribution is -2.29. The van der Waals surface area contributed by atoms with Crippen LogP contribution in [0.5, 0.6) is 0 Å². The van der Waals surface area contributed by atoms with E-state index >= 15 is 0 Å². The molecule has 0 fully saturated rings. The standard InChI is InChI=1S/C21H20Cl2FN3O2/c1-13(17-11-8-15(22)12-18(17)23)27(2)20(28)5-3-4-19-25-21(26-29-19)14-6-9-16(24)10-7-14/h6-13H,3-5H2,1-2H3. The summed E-state index contributed by atoms with van der Waals surface area (Å²) in [7, 11) is 1.75. The summed E-state index contributed by atoms with van der Waals surface area (Å²) in [5.41, 5.74) is 1.51. The summed E-state index contributed by atoms with van der Waals surface area (Å²) >= 11 is 12.2.